The van der Waals surface area contributed by atoms with E-state index in [1.807, 2.05) is 0 Å². The molecule has 29 heavy (non-hydrogen) atoms. The molecule has 4 rings (SSSR count). The van der Waals surface area contributed by atoms with Gasteiger partial charge in [-0.1, -0.05) is 12.1 Å². The van der Waals surface area contributed by atoms with E-state index in [2.05, 4.69) is 0 Å². The molecule has 2 aliphatic rings. The fourth-order valence-corrected chi connectivity index (χ4v) is 3.93. The summed E-state index contributed by atoms with van der Waals surface area (Å²) in [5.41, 5.74) is -1.89. The molecule has 0 aromatic heterocycles. The number of ether oxygens (including phenoxy) is 2. The number of methoxy groups -OCH3 is 1. The summed E-state index contributed by atoms with van der Waals surface area (Å²) in [5, 5.41) is 0. The zero-order valence-corrected chi connectivity index (χ0v) is 15.6. The maximum Gasteiger partial charge on any atom is 0.417 e. The van der Waals surface area contributed by atoms with Crippen LogP contribution in [0.5, 0.6) is 11.5 Å². The average molecular weight is 405 g/mol. The molecule has 1 saturated heterocycles. The van der Waals surface area contributed by atoms with Crippen LogP contribution >= 0.6 is 0 Å². The molecule has 0 bridgehead atoms. The Hall–Kier alpha value is -3.03. The number of rotatable bonds is 2. The Balaban J connectivity index is 1.58. The summed E-state index contributed by atoms with van der Waals surface area (Å²) in [6, 6.07) is 9.62. The molecule has 0 N–H and O–H groups in total. The van der Waals surface area contributed by atoms with Crippen LogP contribution < -0.4 is 9.47 Å². The summed E-state index contributed by atoms with van der Waals surface area (Å²) in [7, 11) is 1.50. The summed E-state index contributed by atoms with van der Waals surface area (Å²) in [6.45, 7) is 0.263. The topological polar surface area (TPSA) is 55.8 Å². The highest BCUT2D eigenvalue weighted by Gasteiger charge is 2.48. The Labute approximate surface area is 165 Å². The molecule has 0 radical (unpaired) electrons. The third-order valence-corrected chi connectivity index (χ3v) is 5.36. The number of hydrogen-bond acceptors (Lipinski definition) is 4. The van der Waals surface area contributed by atoms with E-state index in [9.17, 15) is 22.8 Å². The average Bonchev–Trinajstić information content (AvgIpc) is 3.09. The Bertz CT molecular complexity index is 988. The summed E-state index contributed by atoms with van der Waals surface area (Å²) in [6.07, 6.45) is -4.21. The lowest BCUT2D eigenvalue weighted by Gasteiger charge is -2.34. The van der Waals surface area contributed by atoms with Crippen molar-refractivity contribution in [2.24, 2.45) is 0 Å². The van der Waals surface area contributed by atoms with Crippen molar-refractivity contribution >= 4 is 11.7 Å². The van der Waals surface area contributed by atoms with E-state index in [-0.39, 0.29) is 25.3 Å². The number of carbonyl (C=O) groups is 2. The van der Waals surface area contributed by atoms with Gasteiger partial charge >= 0.3 is 6.18 Å². The van der Waals surface area contributed by atoms with Crippen molar-refractivity contribution in [1.29, 1.82) is 0 Å². The number of halogens is 3. The largest absolute Gasteiger partial charge is 0.497 e. The highest BCUT2D eigenvalue weighted by Crippen LogP contribution is 2.41. The van der Waals surface area contributed by atoms with Crippen LogP contribution in [-0.2, 0) is 6.18 Å². The number of fused-ring (bicyclic) bond motifs is 1. The number of carbonyl (C=O) groups excluding carboxylic acids is 2. The Kier molecular flexibility index (Phi) is 4.52. The first-order valence-corrected chi connectivity index (χ1v) is 9.08. The lowest BCUT2D eigenvalue weighted by molar-refractivity contribution is -0.138. The standard InChI is InChI=1S/C21H18F3NO4/c1-28-13-6-7-18-15(10-13)17(26)11-20(29-18)8-9-25(12-20)19(27)14-4-2-3-5-16(14)21(22,23)24/h2-7,10H,8-9,11-12H2,1H3. The van der Waals surface area contributed by atoms with Crippen LogP contribution in [0.15, 0.2) is 42.5 Å². The molecule has 5 nitrogen and oxygen atoms in total. The maximum absolute atomic E-state index is 13.3. The van der Waals surface area contributed by atoms with Gasteiger partial charge in [0.15, 0.2) is 5.78 Å². The van der Waals surface area contributed by atoms with Gasteiger partial charge in [-0.2, -0.15) is 13.2 Å². The smallest absolute Gasteiger partial charge is 0.417 e. The second-order valence-electron chi connectivity index (χ2n) is 7.27. The third kappa shape index (κ3) is 3.43. The van der Waals surface area contributed by atoms with E-state index in [1.54, 1.807) is 18.2 Å². The van der Waals surface area contributed by atoms with Crippen LogP contribution in [0, 0.1) is 0 Å². The number of likely N-dealkylation sites (tertiary alicyclic amines) is 1. The van der Waals surface area contributed by atoms with Gasteiger partial charge in [0.2, 0.25) is 0 Å². The molecule has 1 amide bonds. The fourth-order valence-electron chi connectivity index (χ4n) is 3.93. The van der Waals surface area contributed by atoms with Crippen LogP contribution in [0.25, 0.3) is 0 Å². The van der Waals surface area contributed by atoms with Gasteiger partial charge in [0.1, 0.15) is 17.1 Å². The Morgan fingerprint density at radius 3 is 2.69 bits per heavy atom. The van der Waals surface area contributed by atoms with Gasteiger partial charge in [0, 0.05) is 13.0 Å². The molecule has 1 unspecified atom stereocenters. The predicted molar refractivity (Wildman–Crippen MR) is 97.3 cm³/mol. The predicted octanol–water partition coefficient (Wildman–Crippen LogP) is 3.96. The van der Waals surface area contributed by atoms with Crippen molar-refractivity contribution in [3.05, 3.63) is 59.2 Å². The first-order valence-electron chi connectivity index (χ1n) is 9.08. The Morgan fingerprint density at radius 2 is 1.97 bits per heavy atom. The summed E-state index contributed by atoms with van der Waals surface area (Å²) < 4.78 is 51.0. The first kappa shape index (κ1) is 19.3. The van der Waals surface area contributed by atoms with Gasteiger partial charge in [0.05, 0.1) is 36.8 Å². The highest BCUT2D eigenvalue weighted by molar-refractivity contribution is 6.01. The van der Waals surface area contributed by atoms with Crippen LogP contribution in [0.4, 0.5) is 13.2 Å². The van der Waals surface area contributed by atoms with Gasteiger partial charge in [-0.05, 0) is 30.3 Å². The second-order valence-corrected chi connectivity index (χ2v) is 7.27. The number of Topliss-reactive ketones (excluding diaryl/α,β-unsaturated/α-hetero) is 1. The number of benzene rings is 2. The third-order valence-electron chi connectivity index (χ3n) is 5.36. The maximum atomic E-state index is 13.3. The molecule has 1 fully saturated rings. The molecule has 1 atom stereocenters. The van der Waals surface area contributed by atoms with E-state index in [1.165, 1.54) is 30.2 Å². The van der Waals surface area contributed by atoms with Crippen molar-refractivity contribution in [3.63, 3.8) is 0 Å². The SMILES string of the molecule is COc1ccc2c(c1)C(=O)CC1(CCN(C(=O)c3ccccc3C(F)(F)F)C1)O2. The van der Waals surface area contributed by atoms with Gasteiger partial charge in [0.25, 0.3) is 5.91 Å². The zero-order valence-electron chi connectivity index (χ0n) is 15.6. The second kappa shape index (κ2) is 6.79. The van der Waals surface area contributed by atoms with Crippen LogP contribution in [-0.4, -0.2) is 42.4 Å². The van der Waals surface area contributed by atoms with Crippen molar-refractivity contribution in [3.8, 4) is 11.5 Å². The highest BCUT2D eigenvalue weighted by atomic mass is 19.4. The number of hydrogen-bond donors (Lipinski definition) is 0. The molecule has 0 aliphatic carbocycles. The molecule has 2 aromatic rings. The molecule has 2 heterocycles. The number of nitrogens with zero attached hydrogens (tertiary/aromatic N) is 1. The number of ketones is 1. The molecule has 8 heteroatoms. The van der Waals surface area contributed by atoms with E-state index in [4.69, 9.17) is 9.47 Å². The molecular weight excluding hydrogens is 387 g/mol. The van der Waals surface area contributed by atoms with Gasteiger partial charge in [-0.25, -0.2) is 0 Å². The van der Waals surface area contributed by atoms with Gasteiger partial charge in [-0.3, -0.25) is 9.59 Å². The van der Waals surface area contributed by atoms with Crippen LogP contribution in [0.3, 0.4) is 0 Å². The van der Waals surface area contributed by atoms with Crippen molar-refractivity contribution in [2.45, 2.75) is 24.6 Å². The van der Waals surface area contributed by atoms with E-state index in [0.717, 1.165) is 6.07 Å². The molecule has 2 aromatic carbocycles. The zero-order chi connectivity index (χ0) is 20.8. The minimum Gasteiger partial charge on any atom is -0.497 e. The molecular formula is C21H18F3NO4. The normalized spacial score (nSPS) is 21.1. The quantitative estimate of drug-likeness (QED) is 0.759. The molecule has 2 aliphatic heterocycles. The van der Waals surface area contributed by atoms with Crippen LogP contribution in [0.2, 0.25) is 0 Å². The van der Waals surface area contributed by atoms with Crippen LogP contribution in [0.1, 0.15) is 39.1 Å². The summed E-state index contributed by atoms with van der Waals surface area (Å²) in [4.78, 5) is 26.8. The van der Waals surface area contributed by atoms with Gasteiger partial charge < -0.3 is 14.4 Å². The minimum atomic E-state index is -4.63. The van der Waals surface area contributed by atoms with E-state index in [0.29, 0.717) is 23.5 Å². The Morgan fingerprint density at radius 1 is 1.21 bits per heavy atom. The molecule has 152 valence electrons. The van der Waals surface area contributed by atoms with E-state index >= 15 is 0 Å². The lowest BCUT2D eigenvalue weighted by Crippen LogP contribution is -2.45. The first-order chi connectivity index (χ1) is 13.7. The summed E-state index contributed by atoms with van der Waals surface area (Å²) in [5.74, 6) is 0.0668. The summed E-state index contributed by atoms with van der Waals surface area (Å²) >= 11 is 0. The number of amides is 1. The van der Waals surface area contributed by atoms with E-state index < -0.39 is 28.8 Å². The molecule has 0 saturated carbocycles. The van der Waals surface area contributed by atoms with Gasteiger partial charge in [-0.15, -0.1) is 0 Å². The fraction of sp³-hybridized carbons (Fsp3) is 0.333. The lowest BCUT2D eigenvalue weighted by atomic mass is 9.89. The van der Waals surface area contributed by atoms with Crippen molar-refractivity contribution in [2.75, 3.05) is 20.2 Å². The minimum absolute atomic E-state index is 0.0508. The monoisotopic (exact) mass is 405 g/mol. The number of alkyl halides is 3. The van der Waals surface area contributed by atoms with Crippen molar-refractivity contribution < 1.29 is 32.2 Å². The van der Waals surface area contributed by atoms with Crippen molar-refractivity contribution in [1.82, 2.24) is 4.90 Å². The molecule has 1 spiro atoms.